The third-order valence-electron chi connectivity index (χ3n) is 4.15. The molecule has 1 amide bonds. The largest absolute Gasteiger partial charge is 0.468 e. The van der Waals surface area contributed by atoms with Gasteiger partial charge in [0.05, 0.1) is 22.2 Å². The average Bonchev–Trinajstić information content (AvgIpc) is 2.98. The quantitative estimate of drug-likeness (QED) is 0.381. The first-order chi connectivity index (χ1) is 13.3. The van der Waals surface area contributed by atoms with Crippen molar-refractivity contribution in [3.8, 4) is 0 Å². The van der Waals surface area contributed by atoms with Gasteiger partial charge in [0.1, 0.15) is 6.54 Å². The van der Waals surface area contributed by atoms with Crippen LogP contribution in [0.4, 0.5) is 5.69 Å². The van der Waals surface area contributed by atoms with E-state index in [2.05, 4.69) is 4.99 Å². The standard InChI is InChI=1S/C19H17N3O5S/c1-11-8-12(2)17-15(9-11)28-19(21(17)10-16(23)27-3)20-18(24)13-4-6-14(7-5-13)22(25)26/h4-9H,10H2,1-3H3. The number of amides is 1. The summed E-state index contributed by atoms with van der Waals surface area (Å²) in [5, 5.41) is 10.8. The molecule has 0 atom stereocenters. The smallest absolute Gasteiger partial charge is 0.325 e. The zero-order valence-electron chi connectivity index (χ0n) is 15.5. The molecule has 0 N–H and O–H groups in total. The van der Waals surface area contributed by atoms with E-state index in [4.69, 9.17) is 4.74 Å². The van der Waals surface area contributed by atoms with E-state index in [1.54, 1.807) is 4.57 Å². The lowest BCUT2D eigenvalue weighted by molar-refractivity contribution is -0.384. The van der Waals surface area contributed by atoms with Crippen LogP contribution < -0.4 is 4.80 Å². The molecule has 0 saturated heterocycles. The molecular formula is C19H17N3O5S. The molecule has 8 nitrogen and oxygen atoms in total. The first-order valence-electron chi connectivity index (χ1n) is 8.31. The van der Waals surface area contributed by atoms with Crippen LogP contribution in [0.15, 0.2) is 41.4 Å². The van der Waals surface area contributed by atoms with Crippen LogP contribution in [-0.4, -0.2) is 28.5 Å². The summed E-state index contributed by atoms with van der Waals surface area (Å²) in [4.78, 5) is 39.2. The van der Waals surface area contributed by atoms with Gasteiger partial charge in [-0.1, -0.05) is 17.4 Å². The zero-order chi connectivity index (χ0) is 20.4. The third-order valence-corrected chi connectivity index (χ3v) is 5.17. The molecule has 0 bridgehead atoms. The molecule has 3 aromatic rings. The molecule has 2 aromatic carbocycles. The summed E-state index contributed by atoms with van der Waals surface area (Å²) >= 11 is 1.30. The van der Waals surface area contributed by atoms with E-state index in [9.17, 15) is 19.7 Å². The monoisotopic (exact) mass is 399 g/mol. The van der Waals surface area contributed by atoms with Crippen molar-refractivity contribution in [2.75, 3.05) is 7.11 Å². The Morgan fingerprint density at radius 3 is 2.50 bits per heavy atom. The zero-order valence-corrected chi connectivity index (χ0v) is 16.3. The Kier molecular flexibility index (Phi) is 5.36. The minimum absolute atomic E-state index is 0.0766. The molecule has 0 radical (unpaired) electrons. The molecule has 0 unspecified atom stereocenters. The number of nitro benzene ring substituents is 1. The summed E-state index contributed by atoms with van der Waals surface area (Å²) in [6.45, 7) is 3.82. The van der Waals surface area contributed by atoms with Gasteiger partial charge in [-0.25, -0.2) is 0 Å². The molecule has 9 heteroatoms. The molecule has 144 valence electrons. The number of aryl methyl sites for hydroxylation is 2. The number of non-ortho nitro benzene ring substituents is 1. The highest BCUT2D eigenvalue weighted by Crippen LogP contribution is 2.23. The first-order valence-corrected chi connectivity index (χ1v) is 9.12. The number of nitro groups is 1. The number of esters is 1. The highest BCUT2D eigenvalue weighted by molar-refractivity contribution is 7.16. The Hall–Kier alpha value is -3.33. The first kappa shape index (κ1) is 19.4. The van der Waals surface area contributed by atoms with E-state index in [0.717, 1.165) is 21.3 Å². The highest BCUT2D eigenvalue weighted by Gasteiger charge is 2.15. The fourth-order valence-electron chi connectivity index (χ4n) is 2.89. The number of methoxy groups -OCH3 is 1. The number of carbonyl (C=O) groups excluding carboxylic acids is 2. The van der Waals surface area contributed by atoms with Gasteiger partial charge in [0.2, 0.25) is 0 Å². The molecule has 0 spiro atoms. The maximum absolute atomic E-state index is 12.6. The minimum Gasteiger partial charge on any atom is -0.468 e. The van der Waals surface area contributed by atoms with Gasteiger partial charge in [-0.3, -0.25) is 19.7 Å². The van der Waals surface area contributed by atoms with Gasteiger partial charge < -0.3 is 9.30 Å². The van der Waals surface area contributed by atoms with Gasteiger partial charge in [-0.2, -0.15) is 4.99 Å². The Balaban J connectivity index is 2.13. The summed E-state index contributed by atoms with van der Waals surface area (Å²) in [6.07, 6.45) is 0. The van der Waals surface area contributed by atoms with Crippen LogP contribution in [0.5, 0.6) is 0 Å². The number of benzene rings is 2. The van der Waals surface area contributed by atoms with Crippen LogP contribution in [0, 0.1) is 24.0 Å². The molecule has 1 heterocycles. The summed E-state index contributed by atoms with van der Waals surface area (Å²) in [6, 6.07) is 9.18. The lowest BCUT2D eigenvalue weighted by Gasteiger charge is -2.06. The van der Waals surface area contributed by atoms with Gasteiger partial charge in [0, 0.05) is 17.7 Å². The molecule has 0 saturated carbocycles. The summed E-state index contributed by atoms with van der Waals surface area (Å²) in [7, 11) is 1.30. The Morgan fingerprint density at radius 2 is 1.89 bits per heavy atom. The van der Waals surface area contributed by atoms with Crippen molar-refractivity contribution in [3.63, 3.8) is 0 Å². The van der Waals surface area contributed by atoms with Gasteiger partial charge >= 0.3 is 5.97 Å². The van der Waals surface area contributed by atoms with Crippen LogP contribution in [0.25, 0.3) is 10.2 Å². The maximum Gasteiger partial charge on any atom is 0.325 e. The Labute approximate surface area is 163 Å². The molecule has 0 fully saturated rings. The minimum atomic E-state index is -0.547. The van der Waals surface area contributed by atoms with Crippen LogP contribution in [0.2, 0.25) is 0 Å². The van der Waals surface area contributed by atoms with E-state index in [1.807, 2.05) is 26.0 Å². The van der Waals surface area contributed by atoms with Gasteiger partial charge in [0.15, 0.2) is 4.80 Å². The summed E-state index contributed by atoms with van der Waals surface area (Å²) in [5.41, 5.74) is 2.95. The lowest BCUT2D eigenvalue weighted by Crippen LogP contribution is -2.22. The second-order valence-electron chi connectivity index (χ2n) is 6.20. The number of aromatic nitrogens is 1. The van der Waals surface area contributed by atoms with Crippen molar-refractivity contribution in [2.24, 2.45) is 4.99 Å². The van der Waals surface area contributed by atoms with Crippen molar-refractivity contribution < 1.29 is 19.2 Å². The van der Waals surface area contributed by atoms with Crippen molar-refractivity contribution in [2.45, 2.75) is 20.4 Å². The predicted molar refractivity (Wildman–Crippen MR) is 104 cm³/mol. The highest BCUT2D eigenvalue weighted by atomic mass is 32.1. The molecule has 3 rings (SSSR count). The normalized spacial score (nSPS) is 11.6. The van der Waals surface area contributed by atoms with Gasteiger partial charge in [-0.05, 0) is 43.2 Å². The number of hydrogen-bond donors (Lipinski definition) is 0. The second kappa shape index (κ2) is 7.73. The molecule has 0 aliphatic heterocycles. The van der Waals surface area contributed by atoms with Crippen LogP contribution in [0.3, 0.4) is 0 Å². The van der Waals surface area contributed by atoms with Crippen molar-refractivity contribution in [1.82, 2.24) is 4.57 Å². The van der Waals surface area contributed by atoms with E-state index >= 15 is 0 Å². The van der Waals surface area contributed by atoms with E-state index in [-0.39, 0.29) is 17.8 Å². The van der Waals surface area contributed by atoms with E-state index in [0.29, 0.717) is 4.80 Å². The molecule has 0 aliphatic carbocycles. The van der Waals surface area contributed by atoms with Crippen molar-refractivity contribution in [1.29, 1.82) is 0 Å². The Bertz CT molecular complexity index is 1160. The number of nitrogens with zero attached hydrogens (tertiary/aromatic N) is 3. The van der Waals surface area contributed by atoms with Crippen LogP contribution in [-0.2, 0) is 16.1 Å². The third kappa shape index (κ3) is 3.84. The fraction of sp³-hybridized carbons (Fsp3) is 0.211. The molecule has 28 heavy (non-hydrogen) atoms. The number of ether oxygens (including phenoxy) is 1. The van der Waals surface area contributed by atoms with E-state index < -0.39 is 16.8 Å². The number of thiazole rings is 1. The van der Waals surface area contributed by atoms with E-state index in [1.165, 1.54) is 42.7 Å². The molecule has 1 aromatic heterocycles. The van der Waals surface area contributed by atoms with Crippen molar-refractivity contribution >= 4 is 39.1 Å². The molecular weight excluding hydrogens is 382 g/mol. The summed E-state index contributed by atoms with van der Waals surface area (Å²) < 4.78 is 7.33. The molecule has 0 aliphatic rings. The fourth-order valence-corrected chi connectivity index (χ4v) is 4.10. The van der Waals surface area contributed by atoms with Crippen LogP contribution in [0.1, 0.15) is 21.5 Å². The number of carbonyl (C=O) groups is 2. The lowest BCUT2D eigenvalue weighted by atomic mass is 10.1. The average molecular weight is 399 g/mol. The van der Waals surface area contributed by atoms with Crippen molar-refractivity contribution in [3.05, 3.63) is 68.0 Å². The number of hydrogen-bond acceptors (Lipinski definition) is 6. The second-order valence-corrected chi connectivity index (χ2v) is 7.21. The SMILES string of the molecule is COC(=O)Cn1c(=NC(=O)c2ccc([N+](=O)[O-])cc2)sc2cc(C)cc(C)c21. The number of rotatable bonds is 4. The van der Waals surface area contributed by atoms with Gasteiger partial charge in [0.25, 0.3) is 11.6 Å². The Morgan fingerprint density at radius 1 is 1.21 bits per heavy atom. The predicted octanol–water partition coefficient (Wildman–Crippen LogP) is 3.14. The van der Waals surface area contributed by atoms with Crippen LogP contribution >= 0.6 is 11.3 Å². The topological polar surface area (TPSA) is 104 Å². The maximum atomic E-state index is 12.6. The van der Waals surface area contributed by atoms with Gasteiger partial charge in [-0.15, -0.1) is 0 Å². The summed E-state index contributed by atoms with van der Waals surface area (Å²) in [5.74, 6) is -1.00. The number of fused-ring (bicyclic) bond motifs is 1.